The van der Waals surface area contributed by atoms with Gasteiger partial charge in [-0.15, -0.1) is 4.83 Å². The van der Waals surface area contributed by atoms with E-state index in [1.54, 1.807) is 30.3 Å². The van der Waals surface area contributed by atoms with Gasteiger partial charge in [-0.1, -0.05) is 48.0 Å². The van der Waals surface area contributed by atoms with Crippen LogP contribution in [0.1, 0.15) is 27.0 Å². The summed E-state index contributed by atoms with van der Waals surface area (Å²) >= 11 is 0. The molecule has 0 spiro atoms. The number of carbonyl (C=O) groups is 1. The fourth-order valence-electron chi connectivity index (χ4n) is 2.89. The summed E-state index contributed by atoms with van der Waals surface area (Å²) in [5, 5.41) is 3.29. The molecule has 29 heavy (non-hydrogen) atoms. The van der Waals surface area contributed by atoms with Gasteiger partial charge in [-0.3, -0.25) is 10.2 Å². The van der Waals surface area contributed by atoms with Crippen molar-refractivity contribution in [1.82, 2.24) is 10.3 Å². The quantitative estimate of drug-likeness (QED) is 0.538. The smallest absolute Gasteiger partial charge is 0.268 e. The first-order valence-corrected chi connectivity index (χ1v) is 10.6. The summed E-state index contributed by atoms with van der Waals surface area (Å²) in [4.78, 5) is 14.9. The molecule has 7 heteroatoms. The Hall–Kier alpha value is -3.16. The van der Waals surface area contributed by atoms with Gasteiger partial charge in [0.25, 0.3) is 15.9 Å². The second-order valence-corrected chi connectivity index (χ2v) is 8.49. The molecule has 0 aromatic heterocycles. The molecule has 3 rings (SSSR count). The van der Waals surface area contributed by atoms with Crippen molar-refractivity contribution in [3.63, 3.8) is 0 Å². The van der Waals surface area contributed by atoms with E-state index in [1.165, 1.54) is 12.1 Å². The zero-order chi connectivity index (χ0) is 21.0. The van der Waals surface area contributed by atoms with E-state index in [2.05, 4.69) is 15.6 Å². The van der Waals surface area contributed by atoms with Crippen LogP contribution in [0.2, 0.25) is 0 Å². The van der Waals surface area contributed by atoms with Crippen molar-refractivity contribution in [3.8, 4) is 0 Å². The third kappa shape index (κ3) is 4.82. The molecule has 0 saturated carbocycles. The summed E-state index contributed by atoms with van der Waals surface area (Å²) in [6.07, 6.45) is 0. The summed E-state index contributed by atoms with van der Waals surface area (Å²) in [5.41, 5.74) is 7.13. The lowest BCUT2D eigenvalue weighted by Crippen LogP contribution is -2.41. The van der Waals surface area contributed by atoms with Gasteiger partial charge in [0.05, 0.1) is 16.1 Å². The van der Waals surface area contributed by atoms with Crippen LogP contribution in [0.15, 0.2) is 71.6 Å². The second kappa shape index (κ2) is 8.46. The van der Waals surface area contributed by atoms with Gasteiger partial charge < -0.3 is 5.32 Å². The molecule has 0 unspecified atom stereocenters. The molecule has 150 valence electrons. The predicted molar refractivity (Wildman–Crippen MR) is 115 cm³/mol. The van der Waals surface area contributed by atoms with Crippen molar-refractivity contribution in [3.05, 3.63) is 89.0 Å². The molecule has 6 nitrogen and oxygen atoms in total. The Morgan fingerprint density at radius 3 is 2.07 bits per heavy atom. The number of nitrogens with one attached hydrogen (secondary N) is 3. The van der Waals surface area contributed by atoms with Gasteiger partial charge in [-0.25, -0.2) is 8.42 Å². The van der Waals surface area contributed by atoms with Crippen LogP contribution in [0, 0.1) is 20.8 Å². The lowest BCUT2D eigenvalue weighted by molar-refractivity contribution is 0.0946. The molecule has 0 aliphatic heterocycles. The first-order valence-electron chi connectivity index (χ1n) is 9.09. The zero-order valence-corrected chi connectivity index (χ0v) is 17.3. The van der Waals surface area contributed by atoms with Gasteiger partial charge in [0.15, 0.2) is 0 Å². The minimum atomic E-state index is -3.87. The lowest BCUT2D eigenvalue weighted by atomic mass is 10.1. The molecule has 0 fully saturated rings. The number of hydrogen-bond donors (Lipinski definition) is 3. The van der Waals surface area contributed by atoms with Crippen LogP contribution in [0.5, 0.6) is 0 Å². The van der Waals surface area contributed by atoms with Gasteiger partial charge in [-0.2, -0.15) is 0 Å². The van der Waals surface area contributed by atoms with Gasteiger partial charge >= 0.3 is 0 Å². The fourth-order valence-corrected chi connectivity index (χ4v) is 3.73. The molecule has 0 bridgehead atoms. The highest BCUT2D eigenvalue weighted by Crippen LogP contribution is 2.26. The molecule has 0 aliphatic rings. The highest BCUT2D eigenvalue weighted by Gasteiger charge is 2.17. The molecule has 3 aromatic rings. The fraction of sp³-hybridized carbons (Fsp3) is 0.136. The minimum Gasteiger partial charge on any atom is -0.354 e. The number of para-hydroxylation sites is 2. The Balaban J connectivity index is 1.79. The monoisotopic (exact) mass is 409 g/mol. The number of anilines is 2. The van der Waals surface area contributed by atoms with Crippen LogP contribution in [0.3, 0.4) is 0 Å². The highest BCUT2D eigenvalue weighted by atomic mass is 32.2. The van der Waals surface area contributed by atoms with E-state index in [-0.39, 0.29) is 4.90 Å². The van der Waals surface area contributed by atoms with Gasteiger partial charge in [0.1, 0.15) is 0 Å². The largest absolute Gasteiger partial charge is 0.354 e. The Kier molecular flexibility index (Phi) is 6.00. The molecule has 0 aliphatic carbocycles. The Morgan fingerprint density at radius 1 is 0.793 bits per heavy atom. The number of benzene rings is 3. The van der Waals surface area contributed by atoms with Crippen LogP contribution in [0.4, 0.5) is 11.4 Å². The van der Waals surface area contributed by atoms with Crippen LogP contribution < -0.4 is 15.6 Å². The minimum absolute atomic E-state index is 0.0744. The average Bonchev–Trinajstić information content (AvgIpc) is 2.70. The summed E-state index contributed by atoms with van der Waals surface area (Å²) < 4.78 is 24.8. The molecule has 3 N–H and O–H groups in total. The van der Waals surface area contributed by atoms with Crippen LogP contribution in [-0.2, 0) is 10.0 Å². The maximum Gasteiger partial charge on any atom is 0.268 e. The normalized spacial score (nSPS) is 11.1. The standard InChI is InChI=1S/C22H23N3O3S/c1-15-11-13-18(14-12-15)29(27,28)25-24-22(26)19-9-4-5-10-20(19)23-21-16(2)7-6-8-17(21)3/h4-14,23,25H,1-3H3,(H,24,26). The molecular formula is C22H23N3O3S. The summed E-state index contributed by atoms with van der Waals surface area (Å²) in [7, 11) is -3.87. The maximum atomic E-state index is 12.7. The summed E-state index contributed by atoms with van der Waals surface area (Å²) in [6.45, 7) is 5.83. The van der Waals surface area contributed by atoms with Crippen molar-refractivity contribution >= 4 is 27.3 Å². The Bertz CT molecular complexity index is 1120. The molecule has 1 amide bonds. The molecular weight excluding hydrogens is 386 g/mol. The number of carbonyl (C=O) groups excluding carboxylic acids is 1. The number of amides is 1. The molecule has 0 radical (unpaired) electrons. The number of sulfonamides is 1. The lowest BCUT2D eigenvalue weighted by Gasteiger charge is -2.16. The summed E-state index contributed by atoms with van der Waals surface area (Å²) in [6, 6.07) is 19.2. The second-order valence-electron chi connectivity index (χ2n) is 6.81. The van der Waals surface area contributed by atoms with Gasteiger partial charge in [0, 0.05) is 5.69 Å². The maximum absolute atomic E-state index is 12.7. The van der Waals surface area contributed by atoms with E-state index >= 15 is 0 Å². The SMILES string of the molecule is Cc1ccc(S(=O)(=O)NNC(=O)c2ccccc2Nc2c(C)cccc2C)cc1. The number of rotatable bonds is 6. The predicted octanol–water partition coefficient (Wildman–Crippen LogP) is 3.98. The number of hydrazine groups is 1. The summed E-state index contributed by atoms with van der Waals surface area (Å²) in [5.74, 6) is -0.560. The third-order valence-electron chi connectivity index (χ3n) is 4.54. The number of aryl methyl sites for hydroxylation is 3. The number of hydrogen-bond acceptors (Lipinski definition) is 4. The van der Waals surface area contributed by atoms with Crippen molar-refractivity contribution in [2.45, 2.75) is 25.7 Å². The van der Waals surface area contributed by atoms with E-state index in [0.717, 1.165) is 22.4 Å². The zero-order valence-electron chi connectivity index (χ0n) is 16.5. The van der Waals surface area contributed by atoms with Crippen molar-refractivity contribution in [2.75, 3.05) is 5.32 Å². The first-order chi connectivity index (χ1) is 13.8. The van der Waals surface area contributed by atoms with E-state index < -0.39 is 15.9 Å². The topological polar surface area (TPSA) is 87.3 Å². The van der Waals surface area contributed by atoms with E-state index in [0.29, 0.717) is 11.3 Å². The average molecular weight is 410 g/mol. The van der Waals surface area contributed by atoms with E-state index in [1.807, 2.05) is 45.0 Å². The van der Waals surface area contributed by atoms with Gasteiger partial charge in [-0.05, 0) is 56.2 Å². The first kappa shape index (κ1) is 20.6. The van der Waals surface area contributed by atoms with Crippen molar-refractivity contribution in [2.24, 2.45) is 0 Å². The molecule has 0 heterocycles. The van der Waals surface area contributed by atoms with Crippen LogP contribution >= 0.6 is 0 Å². The Labute approximate surface area is 171 Å². The Morgan fingerprint density at radius 2 is 1.41 bits per heavy atom. The van der Waals surface area contributed by atoms with Crippen molar-refractivity contribution < 1.29 is 13.2 Å². The molecule has 3 aromatic carbocycles. The molecule has 0 atom stereocenters. The third-order valence-corrected chi connectivity index (χ3v) is 5.81. The highest BCUT2D eigenvalue weighted by molar-refractivity contribution is 7.89. The van der Waals surface area contributed by atoms with Crippen LogP contribution in [0.25, 0.3) is 0 Å². The van der Waals surface area contributed by atoms with E-state index in [4.69, 9.17) is 0 Å². The van der Waals surface area contributed by atoms with E-state index in [9.17, 15) is 13.2 Å². The van der Waals surface area contributed by atoms with Gasteiger partial charge in [0.2, 0.25) is 0 Å². The molecule has 0 saturated heterocycles. The van der Waals surface area contributed by atoms with Crippen LogP contribution in [-0.4, -0.2) is 14.3 Å². The van der Waals surface area contributed by atoms with Crippen molar-refractivity contribution in [1.29, 1.82) is 0 Å².